The fourth-order valence-electron chi connectivity index (χ4n) is 1.20. The quantitative estimate of drug-likeness (QED) is 0.373. The minimum atomic E-state index is -1.08. The van der Waals surface area contributed by atoms with Gasteiger partial charge in [-0.1, -0.05) is 6.92 Å². The number of nitrogens with two attached hydrogens (primary N) is 2. The zero-order valence-electron chi connectivity index (χ0n) is 8.27. The Balaban J connectivity index is 3.42. The number of hydrogen-bond acceptors (Lipinski definition) is 5. The molecule has 0 saturated heterocycles. The maximum Gasteiger partial charge on any atom is 0.336 e. The number of rotatable bonds is 3. The van der Waals surface area contributed by atoms with Gasteiger partial charge in [0.05, 0.1) is 17.3 Å². The van der Waals surface area contributed by atoms with Crippen molar-refractivity contribution in [2.45, 2.75) is 13.3 Å². The highest BCUT2D eigenvalue weighted by Gasteiger charge is 2.14. The van der Waals surface area contributed by atoms with E-state index in [1.54, 1.807) is 0 Å². The van der Waals surface area contributed by atoms with Gasteiger partial charge in [0.15, 0.2) is 0 Å². The molecule has 1 heterocycles. The van der Waals surface area contributed by atoms with Gasteiger partial charge < -0.3 is 16.7 Å². The number of aryl methyl sites for hydroxylation is 1. The molecule has 15 heavy (non-hydrogen) atoms. The number of hydrazone groups is 1. The summed E-state index contributed by atoms with van der Waals surface area (Å²) in [4.78, 5) is 15.0. The van der Waals surface area contributed by atoms with Crippen LogP contribution in [-0.4, -0.2) is 22.3 Å². The number of aromatic carboxylic acids is 1. The first-order chi connectivity index (χ1) is 7.10. The van der Waals surface area contributed by atoms with Gasteiger partial charge in [-0.25, -0.2) is 9.78 Å². The molecule has 0 aromatic carbocycles. The standard InChI is InChI=1S/C9H12N4O2/c1-2-5-3-6(9(14)15)7(4-12-11)8(10)13-5/h3-4H,2,11H2,1H3,(H2,10,13)(H,14,15). The summed E-state index contributed by atoms with van der Waals surface area (Å²) in [5.74, 6) is 4.01. The van der Waals surface area contributed by atoms with E-state index in [9.17, 15) is 4.79 Å². The molecule has 0 fully saturated rings. The monoisotopic (exact) mass is 208 g/mol. The predicted octanol–water partition coefficient (Wildman–Crippen LogP) is 0.217. The van der Waals surface area contributed by atoms with Gasteiger partial charge in [-0.3, -0.25) is 0 Å². The normalized spacial score (nSPS) is 10.7. The van der Waals surface area contributed by atoms with Gasteiger partial charge in [0.2, 0.25) is 0 Å². The highest BCUT2D eigenvalue weighted by molar-refractivity contribution is 6.01. The molecule has 0 unspecified atom stereocenters. The first-order valence-electron chi connectivity index (χ1n) is 4.36. The molecule has 0 spiro atoms. The smallest absolute Gasteiger partial charge is 0.336 e. The molecule has 6 heteroatoms. The van der Waals surface area contributed by atoms with Gasteiger partial charge in [-0.05, 0) is 12.5 Å². The maximum absolute atomic E-state index is 10.9. The molecule has 6 nitrogen and oxygen atoms in total. The summed E-state index contributed by atoms with van der Waals surface area (Å²) < 4.78 is 0. The lowest BCUT2D eigenvalue weighted by atomic mass is 10.1. The zero-order valence-corrected chi connectivity index (χ0v) is 8.27. The van der Waals surface area contributed by atoms with Crippen LogP contribution in [0.2, 0.25) is 0 Å². The van der Waals surface area contributed by atoms with Crippen LogP contribution >= 0.6 is 0 Å². The Labute approximate surface area is 86.6 Å². The largest absolute Gasteiger partial charge is 0.478 e. The van der Waals surface area contributed by atoms with Crippen LogP contribution in [0, 0.1) is 0 Å². The summed E-state index contributed by atoms with van der Waals surface area (Å²) in [5, 5.41) is 12.2. The van der Waals surface area contributed by atoms with Crippen LogP contribution in [0.1, 0.15) is 28.5 Å². The van der Waals surface area contributed by atoms with Gasteiger partial charge in [0.1, 0.15) is 5.82 Å². The number of anilines is 1. The van der Waals surface area contributed by atoms with Crippen LogP contribution < -0.4 is 11.6 Å². The Morgan fingerprint density at radius 2 is 2.40 bits per heavy atom. The Morgan fingerprint density at radius 3 is 2.87 bits per heavy atom. The summed E-state index contributed by atoms with van der Waals surface area (Å²) in [7, 11) is 0. The second-order valence-electron chi connectivity index (χ2n) is 2.90. The van der Waals surface area contributed by atoms with Crippen LogP contribution in [0.4, 0.5) is 5.82 Å². The van der Waals surface area contributed by atoms with E-state index in [4.69, 9.17) is 16.7 Å². The van der Waals surface area contributed by atoms with E-state index < -0.39 is 5.97 Å². The van der Waals surface area contributed by atoms with Crippen molar-refractivity contribution in [1.82, 2.24) is 4.98 Å². The lowest BCUT2D eigenvalue weighted by molar-refractivity contribution is 0.0696. The van der Waals surface area contributed by atoms with Gasteiger partial charge in [0.25, 0.3) is 0 Å². The van der Waals surface area contributed by atoms with Crippen molar-refractivity contribution in [3.05, 3.63) is 22.9 Å². The van der Waals surface area contributed by atoms with E-state index in [1.807, 2.05) is 6.92 Å². The van der Waals surface area contributed by atoms with Crippen molar-refractivity contribution in [2.75, 3.05) is 5.73 Å². The van der Waals surface area contributed by atoms with E-state index in [-0.39, 0.29) is 16.9 Å². The van der Waals surface area contributed by atoms with Gasteiger partial charge in [-0.2, -0.15) is 5.10 Å². The minimum Gasteiger partial charge on any atom is -0.478 e. The maximum atomic E-state index is 10.9. The fourth-order valence-corrected chi connectivity index (χ4v) is 1.20. The van der Waals surface area contributed by atoms with Gasteiger partial charge >= 0.3 is 5.97 Å². The van der Waals surface area contributed by atoms with E-state index in [2.05, 4.69) is 10.1 Å². The van der Waals surface area contributed by atoms with Crippen LogP contribution in [0.3, 0.4) is 0 Å². The molecule has 0 amide bonds. The first-order valence-corrected chi connectivity index (χ1v) is 4.36. The summed E-state index contributed by atoms with van der Waals surface area (Å²) in [5.41, 5.74) is 6.53. The first kappa shape index (κ1) is 11.0. The van der Waals surface area contributed by atoms with Crippen molar-refractivity contribution in [3.8, 4) is 0 Å². The predicted molar refractivity (Wildman–Crippen MR) is 56.8 cm³/mol. The molecule has 0 aliphatic rings. The number of pyridine rings is 1. The topological polar surface area (TPSA) is 115 Å². The molecule has 80 valence electrons. The van der Waals surface area contributed by atoms with E-state index in [0.29, 0.717) is 12.1 Å². The molecule has 5 N–H and O–H groups in total. The SMILES string of the molecule is CCc1cc(C(=O)O)c(C=NN)c(N)n1. The fraction of sp³-hybridized carbons (Fsp3) is 0.222. The Kier molecular flexibility index (Phi) is 3.22. The Bertz CT molecular complexity index is 415. The molecule has 1 rings (SSSR count). The van der Waals surface area contributed by atoms with Crippen molar-refractivity contribution in [3.63, 3.8) is 0 Å². The molecule has 1 aromatic heterocycles. The van der Waals surface area contributed by atoms with Crippen molar-refractivity contribution < 1.29 is 9.90 Å². The zero-order chi connectivity index (χ0) is 11.4. The summed E-state index contributed by atoms with van der Waals surface area (Å²) in [6.07, 6.45) is 1.80. The van der Waals surface area contributed by atoms with Crippen molar-refractivity contribution >= 4 is 18.0 Å². The third kappa shape index (κ3) is 2.22. The van der Waals surface area contributed by atoms with Crippen LogP contribution in [0.25, 0.3) is 0 Å². The highest BCUT2D eigenvalue weighted by Crippen LogP contribution is 2.15. The van der Waals surface area contributed by atoms with E-state index >= 15 is 0 Å². The van der Waals surface area contributed by atoms with Crippen LogP contribution in [0.5, 0.6) is 0 Å². The van der Waals surface area contributed by atoms with Gasteiger partial charge in [-0.15, -0.1) is 0 Å². The summed E-state index contributed by atoms with van der Waals surface area (Å²) in [6.45, 7) is 1.87. The molecular weight excluding hydrogens is 196 g/mol. The molecule has 0 aliphatic carbocycles. The number of nitrogens with zero attached hydrogens (tertiary/aromatic N) is 2. The Hall–Kier alpha value is -2.11. The number of carboxylic acids is 1. The molecule has 0 saturated carbocycles. The highest BCUT2D eigenvalue weighted by atomic mass is 16.4. The summed E-state index contributed by atoms with van der Waals surface area (Å²) in [6, 6.07) is 1.47. The average Bonchev–Trinajstić information content (AvgIpc) is 2.20. The van der Waals surface area contributed by atoms with Crippen molar-refractivity contribution in [2.24, 2.45) is 10.9 Å². The second kappa shape index (κ2) is 4.41. The number of hydrogen-bond donors (Lipinski definition) is 3. The van der Waals surface area contributed by atoms with Crippen LogP contribution in [-0.2, 0) is 6.42 Å². The molecule has 1 aromatic rings. The van der Waals surface area contributed by atoms with Gasteiger partial charge in [0, 0.05) is 5.69 Å². The number of aromatic nitrogens is 1. The van der Waals surface area contributed by atoms with Crippen LogP contribution in [0.15, 0.2) is 11.2 Å². The third-order valence-electron chi connectivity index (χ3n) is 1.94. The molecule has 0 radical (unpaired) electrons. The molecule has 0 atom stereocenters. The Morgan fingerprint density at radius 1 is 1.73 bits per heavy atom. The summed E-state index contributed by atoms with van der Waals surface area (Å²) >= 11 is 0. The number of nitrogen functional groups attached to an aromatic ring is 1. The third-order valence-corrected chi connectivity index (χ3v) is 1.94. The second-order valence-corrected chi connectivity index (χ2v) is 2.90. The number of carboxylic acid groups (broad SMARTS) is 1. The lowest BCUT2D eigenvalue weighted by Gasteiger charge is -2.06. The van der Waals surface area contributed by atoms with E-state index in [1.165, 1.54) is 12.3 Å². The van der Waals surface area contributed by atoms with E-state index in [0.717, 1.165) is 0 Å². The lowest BCUT2D eigenvalue weighted by Crippen LogP contribution is -2.10. The molecule has 0 bridgehead atoms. The van der Waals surface area contributed by atoms with Crippen molar-refractivity contribution in [1.29, 1.82) is 0 Å². The average molecular weight is 208 g/mol. The number of carbonyl (C=O) groups is 1. The molecule has 0 aliphatic heterocycles. The minimum absolute atomic E-state index is 0.0635. The molecular formula is C9H12N4O2.